The molecule has 10 atom stereocenters. The standard InChI is InChI=1S/C23H26O13.4H2O/c1-9-18(33-10(2)24)16(28)17(29)20(32-9)36-23-19(14(26)8-31-23)34-21(30)22(23)13(7-15(27)35-22)11-3-5-12(25)6-4-11;;;;/h3-6,9,13-14,16-20,25-26,28-29H,7-8H2,1-2H3;4*1H2/t9-,13-,14+,16-,17-,18+,19-,20+,22-,23-;;;;/m1..../s1. The lowest BCUT2D eigenvalue weighted by atomic mass is 9.75. The number of rotatable bonds is 4. The molecule has 228 valence electrons. The van der Waals surface area contributed by atoms with Gasteiger partial charge in [-0.25, -0.2) is 4.79 Å². The number of esters is 3. The number of fused-ring (bicyclic) bond motifs is 2. The second kappa shape index (κ2) is 12.3. The van der Waals surface area contributed by atoms with E-state index in [0.717, 1.165) is 6.92 Å². The quantitative estimate of drug-likeness (QED) is 0.192. The van der Waals surface area contributed by atoms with Gasteiger partial charge in [0.05, 0.1) is 25.0 Å². The van der Waals surface area contributed by atoms with E-state index < -0.39 is 78.1 Å². The van der Waals surface area contributed by atoms with Crippen LogP contribution in [0.5, 0.6) is 5.75 Å². The van der Waals surface area contributed by atoms with Crippen molar-refractivity contribution in [2.24, 2.45) is 0 Å². The molecule has 4 saturated heterocycles. The van der Waals surface area contributed by atoms with Crippen LogP contribution >= 0.6 is 0 Å². The molecule has 4 fully saturated rings. The topological polar surface area (TPSA) is 314 Å². The van der Waals surface area contributed by atoms with Gasteiger partial charge in [0.15, 0.2) is 18.5 Å². The van der Waals surface area contributed by atoms with Crippen molar-refractivity contribution in [1.29, 1.82) is 0 Å². The lowest BCUT2D eigenvalue weighted by Crippen LogP contribution is -2.67. The van der Waals surface area contributed by atoms with Crippen molar-refractivity contribution in [2.45, 2.75) is 80.5 Å². The first-order valence-corrected chi connectivity index (χ1v) is 11.4. The summed E-state index contributed by atoms with van der Waals surface area (Å²) in [6.45, 7) is 2.24. The Labute approximate surface area is 226 Å². The van der Waals surface area contributed by atoms with E-state index in [1.165, 1.54) is 31.2 Å². The average Bonchev–Trinajstić information content (AvgIpc) is 3.41. The molecule has 17 nitrogen and oxygen atoms in total. The number of benzene rings is 1. The third kappa shape index (κ3) is 5.00. The molecule has 4 aliphatic rings. The molecule has 5 rings (SSSR count). The monoisotopic (exact) mass is 582 g/mol. The second-order valence-corrected chi connectivity index (χ2v) is 9.31. The Kier molecular flexibility index (Phi) is 10.8. The number of phenolic OH excluding ortho intramolecular Hbond substituents is 1. The Morgan fingerprint density at radius 2 is 1.65 bits per heavy atom. The molecule has 4 heterocycles. The summed E-state index contributed by atoms with van der Waals surface area (Å²) in [5, 5.41) is 41.6. The Bertz CT molecular complexity index is 1060. The fraction of sp³-hybridized carbons (Fsp3) is 0.609. The van der Waals surface area contributed by atoms with Crippen LogP contribution in [0, 0.1) is 0 Å². The summed E-state index contributed by atoms with van der Waals surface area (Å²) in [5.41, 5.74) is -1.83. The van der Waals surface area contributed by atoms with E-state index in [1.807, 2.05) is 0 Å². The summed E-state index contributed by atoms with van der Waals surface area (Å²) in [4.78, 5) is 37.4. The highest BCUT2D eigenvalue weighted by Crippen LogP contribution is 2.58. The third-order valence-electron chi connectivity index (χ3n) is 7.05. The zero-order valence-electron chi connectivity index (χ0n) is 21.3. The number of carbonyl (C=O) groups excluding carboxylic acids is 3. The second-order valence-electron chi connectivity index (χ2n) is 9.31. The Morgan fingerprint density at radius 1 is 1.02 bits per heavy atom. The van der Waals surface area contributed by atoms with Crippen molar-refractivity contribution in [1.82, 2.24) is 0 Å². The van der Waals surface area contributed by atoms with Gasteiger partial charge in [-0.2, -0.15) is 0 Å². The van der Waals surface area contributed by atoms with Crippen molar-refractivity contribution in [3.63, 3.8) is 0 Å². The van der Waals surface area contributed by atoms with Gasteiger partial charge < -0.3 is 70.8 Å². The number of ether oxygens (including phenoxy) is 6. The summed E-state index contributed by atoms with van der Waals surface area (Å²) in [5.74, 6) is -5.85. The van der Waals surface area contributed by atoms with E-state index in [1.54, 1.807) is 0 Å². The minimum Gasteiger partial charge on any atom is -0.508 e. The highest BCUT2D eigenvalue weighted by Gasteiger charge is 2.82. The van der Waals surface area contributed by atoms with E-state index in [4.69, 9.17) is 28.4 Å². The zero-order chi connectivity index (χ0) is 26.0. The minimum atomic E-state index is -2.27. The molecule has 4 aliphatic heterocycles. The third-order valence-corrected chi connectivity index (χ3v) is 7.05. The molecule has 0 bridgehead atoms. The molecule has 0 aromatic heterocycles. The zero-order valence-corrected chi connectivity index (χ0v) is 21.3. The number of aromatic hydroxyl groups is 1. The minimum absolute atomic E-state index is 0. The SMILES string of the molecule is CC(=O)O[C@@H]1[C@H](O)[C@@H](O)[C@H](O[C@]23OC[C@H](O)[C@H]2OC(=O)[C@@]32OC(=O)C[C@@H]2c2ccc(O)cc2)O[C@@H]1C.O.O.O.O. The van der Waals surface area contributed by atoms with E-state index in [0.29, 0.717) is 5.56 Å². The maximum absolute atomic E-state index is 13.4. The van der Waals surface area contributed by atoms with Crippen molar-refractivity contribution < 1.29 is 85.1 Å². The lowest BCUT2D eigenvalue weighted by Gasteiger charge is -2.46. The molecule has 0 aliphatic carbocycles. The number of hydrogen-bond acceptors (Lipinski definition) is 13. The number of aliphatic hydroxyl groups is 3. The molecule has 1 aromatic carbocycles. The van der Waals surface area contributed by atoms with Gasteiger partial charge in [-0.3, -0.25) is 9.59 Å². The van der Waals surface area contributed by atoms with E-state index in [9.17, 15) is 34.8 Å². The van der Waals surface area contributed by atoms with Gasteiger partial charge in [0.1, 0.15) is 24.1 Å². The van der Waals surface area contributed by atoms with Crippen LogP contribution in [0.4, 0.5) is 0 Å². The number of aliphatic hydroxyl groups excluding tert-OH is 3. The molecular weight excluding hydrogens is 548 g/mol. The summed E-state index contributed by atoms with van der Waals surface area (Å²) in [6, 6.07) is 5.71. The number of carbonyl (C=O) groups is 3. The van der Waals surface area contributed by atoms with Crippen LogP contribution in [-0.2, 0) is 42.8 Å². The van der Waals surface area contributed by atoms with Crippen LogP contribution < -0.4 is 0 Å². The molecule has 12 N–H and O–H groups in total. The van der Waals surface area contributed by atoms with Gasteiger partial charge in [0.25, 0.3) is 11.4 Å². The first kappa shape index (κ1) is 35.1. The normalized spacial score (nSPS) is 39.4. The van der Waals surface area contributed by atoms with Gasteiger partial charge >= 0.3 is 17.9 Å². The van der Waals surface area contributed by atoms with Crippen LogP contribution in [0.2, 0.25) is 0 Å². The Morgan fingerprint density at radius 3 is 2.25 bits per heavy atom. The van der Waals surface area contributed by atoms with Gasteiger partial charge in [-0.15, -0.1) is 0 Å². The predicted octanol–water partition coefficient (Wildman–Crippen LogP) is -4.71. The molecule has 17 heteroatoms. The first-order chi connectivity index (χ1) is 17.0. The summed E-state index contributed by atoms with van der Waals surface area (Å²) in [7, 11) is 0. The van der Waals surface area contributed by atoms with Gasteiger partial charge in [-0.05, 0) is 24.6 Å². The van der Waals surface area contributed by atoms with E-state index in [2.05, 4.69) is 0 Å². The highest BCUT2D eigenvalue weighted by molar-refractivity contribution is 5.92. The van der Waals surface area contributed by atoms with Crippen molar-refractivity contribution >= 4 is 17.9 Å². The molecule has 0 amide bonds. The molecular formula is C23H34O17. The van der Waals surface area contributed by atoms with Crippen LogP contribution in [0.25, 0.3) is 0 Å². The molecule has 0 unspecified atom stereocenters. The van der Waals surface area contributed by atoms with Crippen molar-refractivity contribution in [3.8, 4) is 5.75 Å². The van der Waals surface area contributed by atoms with Crippen LogP contribution in [0.3, 0.4) is 0 Å². The maximum Gasteiger partial charge on any atom is 0.357 e. The summed E-state index contributed by atoms with van der Waals surface area (Å²) in [6.07, 6.45) is -10.4. The van der Waals surface area contributed by atoms with Gasteiger partial charge in [0.2, 0.25) is 0 Å². The summed E-state index contributed by atoms with van der Waals surface area (Å²) < 4.78 is 33.6. The molecule has 0 radical (unpaired) electrons. The van der Waals surface area contributed by atoms with Crippen molar-refractivity contribution in [3.05, 3.63) is 29.8 Å². The predicted molar refractivity (Wildman–Crippen MR) is 126 cm³/mol. The first-order valence-electron chi connectivity index (χ1n) is 11.4. The van der Waals surface area contributed by atoms with Gasteiger partial charge in [-0.1, -0.05) is 12.1 Å². The smallest absolute Gasteiger partial charge is 0.357 e. The molecule has 0 saturated carbocycles. The highest BCUT2D eigenvalue weighted by atomic mass is 16.8. The van der Waals surface area contributed by atoms with Gasteiger partial charge in [0, 0.05) is 6.92 Å². The largest absolute Gasteiger partial charge is 0.508 e. The summed E-state index contributed by atoms with van der Waals surface area (Å²) >= 11 is 0. The number of hydrogen-bond donors (Lipinski definition) is 4. The fourth-order valence-electron chi connectivity index (χ4n) is 5.43. The van der Waals surface area contributed by atoms with E-state index in [-0.39, 0.29) is 40.7 Å². The fourth-order valence-corrected chi connectivity index (χ4v) is 5.43. The van der Waals surface area contributed by atoms with Crippen LogP contribution in [-0.4, -0.2) is 121 Å². The van der Waals surface area contributed by atoms with Crippen molar-refractivity contribution in [2.75, 3.05) is 6.61 Å². The molecule has 1 aromatic rings. The van der Waals surface area contributed by atoms with Crippen LogP contribution in [0.15, 0.2) is 24.3 Å². The van der Waals surface area contributed by atoms with Crippen LogP contribution in [0.1, 0.15) is 31.7 Å². The Hall–Kier alpha value is -2.97. The molecule has 40 heavy (non-hydrogen) atoms. The Balaban J connectivity index is 0.00000200. The number of phenols is 1. The van der Waals surface area contributed by atoms with E-state index >= 15 is 0 Å². The maximum atomic E-state index is 13.4. The average molecular weight is 583 g/mol. The molecule has 1 spiro atoms. The lowest BCUT2D eigenvalue weighted by molar-refractivity contribution is -0.386.